The summed E-state index contributed by atoms with van der Waals surface area (Å²) in [6.07, 6.45) is 0.201. The Morgan fingerprint density at radius 3 is 2.29 bits per heavy atom. The minimum atomic E-state index is -3.65. The quantitative estimate of drug-likeness (QED) is 0.770. The first kappa shape index (κ1) is 17.7. The average molecular weight is 408 g/mol. The van der Waals surface area contributed by atoms with E-state index in [1.807, 2.05) is 4.90 Å². The van der Waals surface area contributed by atoms with Crippen LogP contribution in [0.25, 0.3) is 0 Å². The normalized spacial score (nSPS) is 19.8. The monoisotopic (exact) mass is 408 g/mol. The van der Waals surface area contributed by atoms with E-state index in [0.29, 0.717) is 24.8 Å². The molecule has 0 atom stereocenters. The molecule has 0 saturated heterocycles. The number of hydrogen-bond donors (Lipinski definition) is 0. The Hall–Kier alpha value is -2.42. The van der Waals surface area contributed by atoms with Crippen molar-refractivity contribution in [2.45, 2.75) is 50.0 Å². The van der Waals surface area contributed by atoms with Crippen molar-refractivity contribution < 1.29 is 26.7 Å². The lowest BCUT2D eigenvalue weighted by Gasteiger charge is -2.20. The van der Waals surface area contributed by atoms with Crippen molar-refractivity contribution in [3.05, 3.63) is 41.1 Å². The number of halogens is 2. The molecule has 0 N–H and O–H groups in total. The highest BCUT2D eigenvalue weighted by Crippen LogP contribution is 2.46. The van der Waals surface area contributed by atoms with Gasteiger partial charge in [-0.3, -0.25) is 0 Å². The number of sulfone groups is 1. The van der Waals surface area contributed by atoms with Gasteiger partial charge in [0.15, 0.2) is 21.3 Å². The lowest BCUT2D eigenvalue weighted by molar-refractivity contribution is -0.286. The third-order valence-electron chi connectivity index (χ3n) is 5.36. The molecule has 0 amide bonds. The highest BCUT2D eigenvalue weighted by molar-refractivity contribution is 7.91. The molecule has 148 valence electrons. The van der Waals surface area contributed by atoms with E-state index in [1.165, 1.54) is 12.1 Å². The van der Waals surface area contributed by atoms with Gasteiger partial charge in [0.1, 0.15) is 10.7 Å². The number of aromatic nitrogens is 1. The van der Waals surface area contributed by atoms with E-state index in [9.17, 15) is 17.2 Å². The Labute approximate surface area is 161 Å². The molecule has 3 aliphatic rings. The van der Waals surface area contributed by atoms with Crippen LogP contribution in [0.5, 0.6) is 11.5 Å². The van der Waals surface area contributed by atoms with Crippen molar-refractivity contribution in [3.8, 4) is 11.5 Å². The summed E-state index contributed by atoms with van der Waals surface area (Å²) >= 11 is 0. The summed E-state index contributed by atoms with van der Waals surface area (Å²) in [6.45, 7) is 2.33. The predicted octanol–water partition coefficient (Wildman–Crippen LogP) is 3.59. The molecule has 0 unspecified atom stereocenters. The molecule has 1 aromatic heterocycles. The zero-order valence-corrected chi connectivity index (χ0v) is 15.9. The van der Waals surface area contributed by atoms with Gasteiger partial charge in [-0.15, -0.1) is 8.78 Å². The van der Waals surface area contributed by atoms with Gasteiger partial charge in [0, 0.05) is 19.3 Å². The molecule has 6 nitrogen and oxygen atoms in total. The maximum Gasteiger partial charge on any atom is 0.586 e. The third-order valence-corrected chi connectivity index (χ3v) is 7.09. The van der Waals surface area contributed by atoms with Crippen LogP contribution in [0, 0.1) is 0 Å². The van der Waals surface area contributed by atoms with Crippen LogP contribution in [-0.4, -0.2) is 25.4 Å². The second-order valence-corrected chi connectivity index (χ2v) is 9.61. The second kappa shape index (κ2) is 5.79. The van der Waals surface area contributed by atoms with Gasteiger partial charge < -0.3 is 14.4 Å². The number of fused-ring (bicyclic) bond motifs is 2. The SMILES string of the molecule is CCS(=O)(=O)c1cc(C2CC2)cnc1N1Cc2cc3c(cc2C1)OC(F)(F)O3. The largest absolute Gasteiger partial charge is 0.586 e. The first-order chi connectivity index (χ1) is 13.3. The molecule has 0 bridgehead atoms. The van der Waals surface area contributed by atoms with E-state index in [4.69, 9.17) is 0 Å². The molecule has 5 rings (SSSR count). The predicted molar refractivity (Wildman–Crippen MR) is 96.5 cm³/mol. The molecule has 1 fully saturated rings. The second-order valence-electron chi connectivity index (χ2n) is 7.36. The topological polar surface area (TPSA) is 68.7 Å². The Balaban J connectivity index is 1.51. The van der Waals surface area contributed by atoms with Gasteiger partial charge in [-0.05, 0) is 53.6 Å². The highest BCUT2D eigenvalue weighted by atomic mass is 32.2. The van der Waals surface area contributed by atoms with Crippen LogP contribution in [0.4, 0.5) is 14.6 Å². The number of benzene rings is 1. The van der Waals surface area contributed by atoms with Crippen LogP contribution in [0.1, 0.15) is 42.4 Å². The van der Waals surface area contributed by atoms with Gasteiger partial charge in [0.25, 0.3) is 0 Å². The molecule has 2 aromatic rings. The Morgan fingerprint density at radius 2 is 1.75 bits per heavy atom. The van der Waals surface area contributed by atoms with Crippen molar-refractivity contribution in [1.29, 1.82) is 0 Å². The molecule has 2 aliphatic heterocycles. The molecule has 9 heteroatoms. The molecule has 3 heterocycles. The Bertz CT molecular complexity index is 1050. The zero-order chi connectivity index (χ0) is 19.7. The maximum absolute atomic E-state index is 13.3. The van der Waals surface area contributed by atoms with Gasteiger partial charge in [0.05, 0.1) is 5.75 Å². The number of anilines is 1. The van der Waals surface area contributed by atoms with Crippen molar-refractivity contribution in [3.63, 3.8) is 0 Å². The Morgan fingerprint density at radius 1 is 1.14 bits per heavy atom. The fraction of sp³-hybridized carbons (Fsp3) is 0.421. The molecule has 1 saturated carbocycles. The fourth-order valence-corrected chi connectivity index (χ4v) is 4.79. The number of alkyl halides is 2. The standard InChI is InChI=1S/C19H18F2N2O4S/c1-2-28(24,25)17-7-12(11-3-4-11)8-22-18(17)23-9-13-5-15-16(6-14(13)10-23)27-19(20,21)26-15/h5-8,11H,2-4,9-10H2,1H3. The van der Waals surface area contributed by atoms with E-state index in [0.717, 1.165) is 29.5 Å². The number of pyridine rings is 1. The number of nitrogens with zero attached hydrogens (tertiary/aromatic N) is 2. The van der Waals surface area contributed by atoms with Crippen LogP contribution in [0.2, 0.25) is 0 Å². The zero-order valence-electron chi connectivity index (χ0n) is 15.1. The molecule has 0 radical (unpaired) electrons. The molecule has 1 aliphatic carbocycles. The van der Waals surface area contributed by atoms with Crippen LogP contribution in [0.15, 0.2) is 29.3 Å². The molecule has 1 aromatic carbocycles. The third kappa shape index (κ3) is 2.88. The lowest BCUT2D eigenvalue weighted by atomic mass is 10.1. The maximum atomic E-state index is 13.3. The molecular formula is C19H18F2N2O4S. The van der Waals surface area contributed by atoms with Crippen molar-refractivity contribution in [2.75, 3.05) is 10.7 Å². The van der Waals surface area contributed by atoms with Gasteiger partial charge in [0.2, 0.25) is 0 Å². The van der Waals surface area contributed by atoms with Crippen molar-refractivity contribution >= 4 is 15.7 Å². The molecular weight excluding hydrogens is 390 g/mol. The summed E-state index contributed by atoms with van der Waals surface area (Å²) in [5.74, 6) is 0.756. The number of ether oxygens (including phenoxy) is 2. The van der Waals surface area contributed by atoms with Gasteiger partial charge in [-0.2, -0.15) is 0 Å². The first-order valence-electron chi connectivity index (χ1n) is 9.15. The average Bonchev–Trinajstić information content (AvgIpc) is 3.34. The number of rotatable bonds is 4. The summed E-state index contributed by atoms with van der Waals surface area (Å²) in [5.41, 5.74) is 2.52. The molecule has 0 spiro atoms. The van der Waals surface area contributed by atoms with E-state index >= 15 is 0 Å². The van der Waals surface area contributed by atoms with E-state index in [2.05, 4.69) is 14.5 Å². The fourth-order valence-electron chi connectivity index (χ4n) is 3.71. The summed E-state index contributed by atoms with van der Waals surface area (Å²) in [5, 5.41) is 0. The van der Waals surface area contributed by atoms with Crippen molar-refractivity contribution in [1.82, 2.24) is 4.98 Å². The van der Waals surface area contributed by atoms with Crippen LogP contribution in [-0.2, 0) is 22.9 Å². The van der Waals surface area contributed by atoms with Crippen LogP contribution in [0.3, 0.4) is 0 Å². The summed E-state index contributed by atoms with van der Waals surface area (Å²) < 4.78 is 60.9. The van der Waals surface area contributed by atoms with E-state index in [-0.39, 0.29) is 22.1 Å². The number of hydrogen-bond acceptors (Lipinski definition) is 6. The van der Waals surface area contributed by atoms with E-state index < -0.39 is 16.1 Å². The van der Waals surface area contributed by atoms with Crippen molar-refractivity contribution in [2.24, 2.45) is 0 Å². The Kier molecular flexibility index (Phi) is 3.65. The van der Waals surface area contributed by atoms with Crippen LogP contribution < -0.4 is 14.4 Å². The van der Waals surface area contributed by atoms with Gasteiger partial charge >= 0.3 is 6.29 Å². The smallest absolute Gasteiger partial charge is 0.395 e. The highest BCUT2D eigenvalue weighted by Gasteiger charge is 2.44. The summed E-state index contributed by atoms with van der Waals surface area (Å²) in [6, 6.07) is 4.80. The van der Waals surface area contributed by atoms with E-state index in [1.54, 1.807) is 19.2 Å². The first-order valence-corrected chi connectivity index (χ1v) is 10.8. The summed E-state index contributed by atoms with van der Waals surface area (Å²) in [4.78, 5) is 6.56. The minimum absolute atomic E-state index is 0.0101. The van der Waals surface area contributed by atoms with Crippen LogP contribution >= 0.6 is 0 Å². The summed E-state index contributed by atoms with van der Waals surface area (Å²) in [7, 11) is -3.46. The minimum Gasteiger partial charge on any atom is -0.395 e. The van der Waals surface area contributed by atoms with Gasteiger partial charge in [-0.1, -0.05) is 6.92 Å². The molecule has 28 heavy (non-hydrogen) atoms. The van der Waals surface area contributed by atoms with Gasteiger partial charge in [-0.25, -0.2) is 13.4 Å². The lowest BCUT2D eigenvalue weighted by Crippen LogP contribution is -2.26.